The molecule has 1 saturated heterocycles. The summed E-state index contributed by atoms with van der Waals surface area (Å²) < 4.78 is 6.88. The lowest BCUT2D eigenvalue weighted by molar-refractivity contribution is -0.122. The average molecular weight is 562 g/mol. The first kappa shape index (κ1) is 23.8. The number of nitrogens with zero attached hydrogens (tertiary/aromatic N) is 1. The van der Waals surface area contributed by atoms with Crippen LogP contribution in [-0.2, 0) is 16.2 Å². The van der Waals surface area contributed by atoms with Crippen LogP contribution in [-0.4, -0.2) is 17.8 Å². The van der Waals surface area contributed by atoms with E-state index in [1.54, 1.807) is 24.3 Å². The Hall–Kier alpha value is -3.94. The molecule has 0 spiro atoms. The molecule has 6 nitrogen and oxygen atoms in total. The number of hydrogen-bond acceptors (Lipinski definition) is 4. The second-order valence-electron chi connectivity index (χ2n) is 8.04. The highest BCUT2D eigenvalue weighted by Gasteiger charge is 2.37. The number of hydrogen-bond donors (Lipinski definition) is 1. The molecule has 0 unspecified atom stereocenters. The Labute approximate surface area is 220 Å². The average Bonchev–Trinajstić information content (AvgIpc) is 2.87. The van der Waals surface area contributed by atoms with Crippen LogP contribution in [0.4, 0.5) is 10.5 Å². The van der Waals surface area contributed by atoms with Gasteiger partial charge in [-0.15, -0.1) is 0 Å². The maximum absolute atomic E-state index is 13.2. The summed E-state index contributed by atoms with van der Waals surface area (Å²) in [5.74, 6) is -1.05. The van der Waals surface area contributed by atoms with Crippen LogP contribution >= 0.6 is 27.5 Å². The highest BCUT2D eigenvalue weighted by molar-refractivity contribution is 9.10. The van der Waals surface area contributed by atoms with Crippen LogP contribution in [0.25, 0.3) is 16.8 Å². The first-order valence-electron chi connectivity index (χ1n) is 11.0. The van der Waals surface area contributed by atoms with Gasteiger partial charge in [0.1, 0.15) is 17.9 Å². The number of benzene rings is 4. The van der Waals surface area contributed by atoms with E-state index < -0.39 is 17.8 Å². The molecule has 0 bridgehead atoms. The Morgan fingerprint density at radius 3 is 2.47 bits per heavy atom. The van der Waals surface area contributed by atoms with Gasteiger partial charge in [0, 0.05) is 15.1 Å². The van der Waals surface area contributed by atoms with Gasteiger partial charge in [0.2, 0.25) is 0 Å². The summed E-state index contributed by atoms with van der Waals surface area (Å²) in [5.41, 5.74) is 1.61. The third-order valence-electron chi connectivity index (χ3n) is 5.72. The molecule has 1 N–H and O–H groups in total. The zero-order valence-electron chi connectivity index (χ0n) is 18.7. The second-order valence-corrected chi connectivity index (χ2v) is 9.40. The third kappa shape index (κ3) is 4.76. The lowest BCUT2D eigenvalue weighted by Gasteiger charge is -2.26. The van der Waals surface area contributed by atoms with Crippen molar-refractivity contribution in [2.75, 3.05) is 4.90 Å². The van der Waals surface area contributed by atoms with Gasteiger partial charge in [-0.1, -0.05) is 70.0 Å². The summed E-state index contributed by atoms with van der Waals surface area (Å²) >= 11 is 9.37. The van der Waals surface area contributed by atoms with Crippen LogP contribution in [0.1, 0.15) is 11.1 Å². The van der Waals surface area contributed by atoms with E-state index >= 15 is 0 Å². The molecule has 1 aliphatic rings. The molecular formula is C28H18BrClN2O4. The van der Waals surface area contributed by atoms with E-state index in [1.165, 1.54) is 18.2 Å². The number of amides is 4. The fraction of sp³-hybridized carbons (Fsp3) is 0.0357. The van der Waals surface area contributed by atoms with Gasteiger partial charge in [-0.05, 0) is 64.9 Å². The fourth-order valence-corrected chi connectivity index (χ4v) is 4.48. The predicted molar refractivity (Wildman–Crippen MR) is 143 cm³/mol. The van der Waals surface area contributed by atoms with Gasteiger partial charge >= 0.3 is 6.03 Å². The Morgan fingerprint density at radius 2 is 1.67 bits per heavy atom. The van der Waals surface area contributed by atoms with E-state index in [4.69, 9.17) is 16.3 Å². The first-order valence-corrected chi connectivity index (χ1v) is 12.1. The number of imide groups is 2. The maximum Gasteiger partial charge on any atom is 0.335 e. The number of rotatable bonds is 5. The monoisotopic (exact) mass is 560 g/mol. The number of ether oxygens (including phenoxy) is 1. The SMILES string of the molecule is O=C1NC(=O)N(c2ccc(Cl)cc2)C(=O)/C1=C/c1cc(Br)ccc1OCc1cccc2ccccc12. The summed E-state index contributed by atoms with van der Waals surface area (Å²) in [6.45, 7) is 0.286. The number of fused-ring (bicyclic) bond motifs is 1. The van der Waals surface area contributed by atoms with Crippen molar-refractivity contribution in [1.82, 2.24) is 5.32 Å². The molecule has 5 rings (SSSR count). The van der Waals surface area contributed by atoms with Crippen LogP contribution in [0, 0.1) is 0 Å². The van der Waals surface area contributed by atoms with Gasteiger partial charge in [0.25, 0.3) is 11.8 Å². The van der Waals surface area contributed by atoms with Crippen molar-refractivity contribution in [3.8, 4) is 5.75 Å². The van der Waals surface area contributed by atoms with Crippen molar-refractivity contribution in [1.29, 1.82) is 0 Å². The molecule has 8 heteroatoms. The van der Waals surface area contributed by atoms with Crippen molar-refractivity contribution in [3.63, 3.8) is 0 Å². The van der Waals surface area contributed by atoms with E-state index in [0.717, 1.165) is 25.7 Å². The molecule has 0 aliphatic carbocycles. The Balaban J connectivity index is 1.48. The van der Waals surface area contributed by atoms with Crippen molar-refractivity contribution in [2.24, 2.45) is 0 Å². The molecule has 0 radical (unpaired) electrons. The highest BCUT2D eigenvalue weighted by atomic mass is 79.9. The van der Waals surface area contributed by atoms with E-state index in [2.05, 4.69) is 21.2 Å². The summed E-state index contributed by atoms with van der Waals surface area (Å²) in [4.78, 5) is 39.3. The molecule has 1 heterocycles. The van der Waals surface area contributed by atoms with Gasteiger partial charge in [0.15, 0.2) is 0 Å². The van der Waals surface area contributed by atoms with E-state index in [0.29, 0.717) is 22.0 Å². The van der Waals surface area contributed by atoms with Gasteiger partial charge in [-0.3, -0.25) is 14.9 Å². The van der Waals surface area contributed by atoms with Crippen molar-refractivity contribution in [2.45, 2.75) is 6.61 Å². The zero-order valence-corrected chi connectivity index (χ0v) is 21.0. The largest absolute Gasteiger partial charge is 0.488 e. The lowest BCUT2D eigenvalue weighted by Crippen LogP contribution is -2.54. The van der Waals surface area contributed by atoms with Crippen molar-refractivity contribution >= 4 is 67.9 Å². The maximum atomic E-state index is 13.2. The number of urea groups is 1. The molecule has 1 aliphatic heterocycles. The molecule has 178 valence electrons. The quantitative estimate of drug-likeness (QED) is 0.223. The summed E-state index contributed by atoms with van der Waals surface area (Å²) in [6.07, 6.45) is 1.43. The van der Waals surface area contributed by atoms with Gasteiger partial charge < -0.3 is 4.74 Å². The van der Waals surface area contributed by atoms with Gasteiger partial charge in [0.05, 0.1) is 5.69 Å². The van der Waals surface area contributed by atoms with Crippen LogP contribution in [0.2, 0.25) is 5.02 Å². The minimum atomic E-state index is -0.828. The van der Waals surface area contributed by atoms with Crippen molar-refractivity contribution in [3.05, 3.63) is 111 Å². The predicted octanol–water partition coefficient (Wildman–Crippen LogP) is 6.50. The summed E-state index contributed by atoms with van der Waals surface area (Å²) in [5, 5.41) is 4.87. The Bertz CT molecular complexity index is 1540. The van der Waals surface area contributed by atoms with Gasteiger partial charge in [-0.2, -0.15) is 0 Å². The molecule has 4 aromatic rings. The van der Waals surface area contributed by atoms with Crippen molar-refractivity contribution < 1.29 is 19.1 Å². The second kappa shape index (κ2) is 9.97. The van der Waals surface area contributed by atoms with E-state index in [-0.39, 0.29) is 12.2 Å². The standard InChI is InChI=1S/C28H18BrClN2O4/c29-20-8-13-25(36-16-18-6-3-5-17-4-1-2-7-23(17)18)19(14-20)15-24-26(33)31-28(35)32(27(24)34)22-11-9-21(30)10-12-22/h1-15H,16H2,(H,31,33,35)/b24-15+. The minimum absolute atomic E-state index is 0.197. The van der Waals surface area contributed by atoms with E-state index in [1.807, 2.05) is 48.5 Å². The zero-order chi connectivity index (χ0) is 25.2. The molecule has 1 fully saturated rings. The Morgan fingerprint density at radius 1 is 0.917 bits per heavy atom. The van der Waals surface area contributed by atoms with Crippen LogP contribution in [0.5, 0.6) is 5.75 Å². The van der Waals surface area contributed by atoms with Crippen LogP contribution in [0.3, 0.4) is 0 Å². The Kier molecular flexibility index (Phi) is 6.59. The first-order chi connectivity index (χ1) is 17.4. The lowest BCUT2D eigenvalue weighted by atomic mass is 10.0. The molecule has 0 atom stereocenters. The molecular weight excluding hydrogens is 544 g/mol. The van der Waals surface area contributed by atoms with Crippen LogP contribution < -0.4 is 15.0 Å². The fourth-order valence-electron chi connectivity index (χ4n) is 3.98. The number of anilines is 1. The highest BCUT2D eigenvalue weighted by Crippen LogP contribution is 2.30. The number of nitrogens with one attached hydrogen (secondary N) is 1. The van der Waals surface area contributed by atoms with Gasteiger partial charge in [-0.25, -0.2) is 9.69 Å². The summed E-state index contributed by atoms with van der Waals surface area (Å²) in [6, 6.07) is 24.7. The number of carbonyl (C=O) groups excluding carboxylic acids is 3. The van der Waals surface area contributed by atoms with Crippen LogP contribution in [0.15, 0.2) is 95.0 Å². The smallest absolute Gasteiger partial charge is 0.335 e. The van der Waals surface area contributed by atoms with E-state index in [9.17, 15) is 14.4 Å². The normalized spacial score (nSPS) is 14.9. The molecule has 36 heavy (non-hydrogen) atoms. The number of halogens is 2. The summed E-state index contributed by atoms with van der Waals surface area (Å²) in [7, 11) is 0. The number of barbiturate groups is 1. The molecule has 0 saturated carbocycles. The molecule has 4 aromatic carbocycles. The number of carbonyl (C=O) groups is 3. The minimum Gasteiger partial charge on any atom is -0.488 e. The molecule has 4 amide bonds. The molecule has 0 aromatic heterocycles. The third-order valence-corrected chi connectivity index (χ3v) is 6.47. The topological polar surface area (TPSA) is 75.7 Å².